The number of nitrogens with zero attached hydrogens (tertiary/aromatic N) is 2. The zero-order valence-corrected chi connectivity index (χ0v) is 10.6. The molecule has 1 fully saturated rings. The average Bonchev–Trinajstić information content (AvgIpc) is 2.27. The number of rotatable bonds is 3. The molecule has 98 valence electrons. The van der Waals surface area contributed by atoms with Gasteiger partial charge in [-0.25, -0.2) is 5.84 Å². The lowest BCUT2D eigenvalue weighted by molar-refractivity contribution is -0.119. The van der Waals surface area contributed by atoms with Crippen LogP contribution >= 0.6 is 0 Å². The number of nitrogens with two attached hydrogens (primary N) is 2. The zero-order chi connectivity index (χ0) is 13.0. The first kappa shape index (κ1) is 13.8. The van der Waals surface area contributed by atoms with E-state index in [1.54, 1.807) is 7.05 Å². The van der Waals surface area contributed by atoms with Gasteiger partial charge >= 0.3 is 0 Å². The highest BCUT2D eigenvalue weighted by Crippen LogP contribution is 2.29. The summed E-state index contributed by atoms with van der Waals surface area (Å²) in [5.41, 5.74) is 5.20. The van der Waals surface area contributed by atoms with E-state index in [9.17, 15) is 4.79 Å². The van der Waals surface area contributed by atoms with Crippen molar-refractivity contribution in [1.82, 2.24) is 9.91 Å². The van der Waals surface area contributed by atoms with E-state index in [2.05, 4.69) is 0 Å². The monoisotopic (exact) mass is 241 g/mol. The van der Waals surface area contributed by atoms with Gasteiger partial charge in [-0.05, 0) is 31.6 Å². The van der Waals surface area contributed by atoms with Crippen molar-refractivity contribution >= 4 is 11.9 Å². The SMILES string of the molecule is CN(N)C(=N)N(C)[C@H]1CC[C@H](CC(N)=O)CC1. The molecule has 1 saturated carbocycles. The number of primary amides is 1. The molecule has 1 aliphatic rings. The van der Waals surface area contributed by atoms with Crippen LogP contribution in [0.5, 0.6) is 0 Å². The van der Waals surface area contributed by atoms with Gasteiger partial charge in [-0.15, -0.1) is 0 Å². The lowest BCUT2D eigenvalue weighted by Gasteiger charge is -2.37. The summed E-state index contributed by atoms with van der Waals surface area (Å²) in [7, 11) is 3.56. The molecule has 1 rings (SSSR count). The molecule has 6 heteroatoms. The summed E-state index contributed by atoms with van der Waals surface area (Å²) in [6.07, 6.45) is 4.47. The number of nitrogens with one attached hydrogen (secondary N) is 1. The number of guanidine groups is 1. The number of carbonyl (C=O) groups is 1. The predicted molar refractivity (Wildman–Crippen MR) is 67.0 cm³/mol. The summed E-state index contributed by atoms with van der Waals surface area (Å²) in [5.74, 6) is 6.07. The minimum Gasteiger partial charge on any atom is -0.370 e. The van der Waals surface area contributed by atoms with Crippen LogP contribution in [-0.2, 0) is 4.79 Å². The molecule has 0 heterocycles. The number of amides is 1. The normalized spacial score (nSPS) is 24.2. The summed E-state index contributed by atoms with van der Waals surface area (Å²) >= 11 is 0. The maximum absolute atomic E-state index is 10.8. The van der Waals surface area contributed by atoms with Crippen molar-refractivity contribution in [2.24, 2.45) is 17.5 Å². The maximum atomic E-state index is 10.8. The highest BCUT2D eigenvalue weighted by molar-refractivity contribution is 5.76. The molecule has 0 aromatic heterocycles. The molecule has 1 aliphatic carbocycles. The molecule has 6 nitrogen and oxygen atoms in total. The van der Waals surface area contributed by atoms with E-state index in [0.717, 1.165) is 25.7 Å². The summed E-state index contributed by atoms with van der Waals surface area (Å²) in [5, 5.41) is 9.12. The molecule has 0 atom stereocenters. The van der Waals surface area contributed by atoms with Gasteiger partial charge < -0.3 is 10.6 Å². The molecule has 0 bridgehead atoms. The lowest BCUT2D eigenvalue weighted by atomic mass is 9.83. The highest BCUT2D eigenvalue weighted by atomic mass is 16.1. The second kappa shape index (κ2) is 5.86. The number of hydrogen-bond donors (Lipinski definition) is 3. The molecule has 0 saturated heterocycles. The predicted octanol–water partition coefficient (Wildman–Crippen LogP) is 0.0927. The Morgan fingerprint density at radius 1 is 1.29 bits per heavy atom. The van der Waals surface area contributed by atoms with Gasteiger partial charge in [0.2, 0.25) is 11.9 Å². The van der Waals surface area contributed by atoms with Crippen LogP contribution in [0, 0.1) is 11.3 Å². The second-order valence-corrected chi connectivity index (χ2v) is 4.89. The van der Waals surface area contributed by atoms with Gasteiger partial charge in [-0.3, -0.25) is 15.2 Å². The Labute approximate surface area is 102 Å². The zero-order valence-electron chi connectivity index (χ0n) is 10.6. The summed E-state index contributed by atoms with van der Waals surface area (Å²) in [6, 6.07) is 0.345. The Bertz CT molecular complexity index is 284. The number of carbonyl (C=O) groups excluding carboxylic acids is 1. The van der Waals surface area contributed by atoms with Crippen LogP contribution in [0.4, 0.5) is 0 Å². The van der Waals surface area contributed by atoms with Crippen LogP contribution in [-0.4, -0.2) is 41.9 Å². The van der Waals surface area contributed by atoms with Crippen molar-refractivity contribution < 1.29 is 4.79 Å². The van der Waals surface area contributed by atoms with Crippen LogP contribution in [0.2, 0.25) is 0 Å². The minimum atomic E-state index is -0.212. The molecule has 17 heavy (non-hydrogen) atoms. The first-order valence-electron chi connectivity index (χ1n) is 6.00. The van der Waals surface area contributed by atoms with Gasteiger partial charge in [0.1, 0.15) is 0 Å². The van der Waals surface area contributed by atoms with E-state index in [1.807, 2.05) is 11.9 Å². The Balaban J connectivity index is 2.41. The molecule has 0 spiro atoms. The molecule has 0 aromatic rings. The van der Waals surface area contributed by atoms with Crippen LogP contribution in [0.3, 0.4) is 0 Å². The standard InChI is InChI=1S/C11H23N5O/c1-15(11(13)16(2)14)9-5-3-8(4-6-9)7-10(12)17/h8-9,13H,3-7,14H2,1-2H3,(H2,12,17)/t8-,9-. The van der Waals surface area contributed by atoms with Crippen molar-refractivity contribution in [2.45, 2.75) is 38.1 Å². The van der Waals surface area contributed by atoms with Crippen LogP contribution in [0.15, 0.2) is 0 Å². The first-order valence-corrected chi connectivity index (χ1v) is 6.00. The third-order valence-electron chi connectivity index (χ3n) is 3.52. The first-order chi connectivity index (χ1) is 7.91. The molecular formula is C11H23N5O. The fraction of sp³-hybridized carbons (Fsp3) is 0.818. The maximum Gasteiger partial charge on any atom is 0.217 e. The molecule has 5 N–H and O–H groups in total. The van der Waals surface area contributed by atoms with E-state index in [4.69, 9.17) is 17.0 Å². The topological polar surface area (TPSA) is 99.4 Å². The van der Waals surface area contributed by atoms with Crippen LogP contribution < -0.4 is 11.6 Å². The summed E-state index contributed by atoms with van der Waals surface area (Å²) < 4.78 is 0. The molecule has 0 aromatic carbocycles. The highest BCUT2D eigenvalue weighted by Gasteiger charge is 2.26. The van der Waals surface area contributed by atoms with E-state index in [1.165, 1.54) is 5.01 Å². The van der Waals surface area contributed by atoms with Crippen molar-refractivity contribution in [2.75, 3.05) is 14.1 Å². The summed E-state index contributed by atoms with van der Waals surface area (Å²) in [6.45, 7) is 0. The van der Waals surface area contributed by atoms with E-state index < -0.39 is 0 Å². The van der Waals surface area contributed by atoms with E-state index in [-0.39, 0.29) is 5.91 Å². The Kier molecular flexibility index (Phi) is 4.74. The quantitative estimate of drug-likeness (QED) is 0.282. The molecule has 1 amide bonds. The fourth-order valence-electron chi connectivity index (χ4n) is 2.44. The average molecular weight is 241 g/mol. The van der Waals surface area contributed by atoms with Gasteiger partial charge in [0.25, 0.3) is 0 Å². The number of hydrazine groups is 1. The number of hydrogen-bond acceptors (Lipinski definition) is 3. The van der Waals surface area contributed by atoms with Crippen LogP contribution in [0.1, 0.15) is 32.1 Å². The van der Waals surface area contributed by atoms with Crippen molar-refractivity contribution in [3.8, 4) is 0 Å². The Hall–Kier alpha value is -1.30. The Morgan fingerprint density at radius 3 is 2.24 bits per heavy atom. The van der Waals surface area contributed by atoms with Crippen molar-refractivity contribution in [3.63, 3.8) is 0 Å². The largest absolute Gasteiger partial charge is 0.370 e. The molecule has 0 radical (unpaired) electrons. The fourth-order valence-corrected chi connectivity index (χ4v) is 2.44. The van der Waals surface area contributed by atoms with Gasteiger partial charge in [0.15, 0.2) is 0 Å². The van der Waals surface area contributed by atoms with E-state index in [0.29, 0.717) is 24.3 Å². The van der Waals surface area contributed by atoms with Crippen LogP contribution in [0.25, 0.3) is 0 Å². The van der Waals surface area contributed by atoms with Gasteiger partial charge in [-0.1, -0.05) is 0 Å². The van der Waals surface area contributed by atoms with Gasteiger partial charge in [0.05, 0.1) is 0 Å². The second-order valence-electron chi connectivity index (χ2n) is 4.89. The molecule has 0 unspecified atom stereocenters. The Morgan fingerprint density at radius 2 is 1.82 bits per heavy atom. The smallest absolute Gasteiger partial charge is 0.217 e. The van der Waals surface area contributed by atoms with Gasteiger partial charge in [-0.2, -0.15) is 0 Å². The summed E-state index contributed by atoms with van der Waals surface area (Å²) in [4.78, 5) is 12.7. The minimum absolute atomic E-state index is 0.212. The van der Waals surface area contributed by atoms with Crippen molar-refractivity contribution in [1.29, 1.82) is 5.41 Å². The third kappa shape index (κ3) is 3.89. The third-order valence-corrected chi connectivity index (χ3v) is 3.52. The molecule has 0 aliphatic heterocycles. The lowest BCUT2D eigenvalue weighted by Crippen LogP contribution is -2.48. The van der Waals surface area contributed by atoms with Gasteiger partial charge in [0, 0.05) is 26.6 Å². The molecular weight excluding hydrogens is 218 g/mol. The van der Waals surface area contributed by atoms with Crippen molar-refractivity contribution in [3.05, 3.63) is 0 Å². The van der Waals surface area contributed by atoms with E-state index >= 15 is 0 Å².